The fraction of sp³-hybridized carbons (Fsp3) is 0.533. The Morgan fingerprint density at radius 1 is 1.29 bits per heavy atom. The van der Waals surface area contributed by atoms with Gasteiger partial charge in [0.25, 0.3) is 0 Å². The summed E-state index contributed by atoms with van der Waals surface area (Å²) in [6.45, 7) is 4.53. The number of aryl methyl sites for hydroxylation is 1. The van der Waals surface area contributed by atoms with Crippen LogP contribution in [0, 0.1) is 18.8 Å². The highest BCUT2D eigenvalue weighted by Crippen LogP contribution is 2.50. The minimum atomic E-state index is -0.217. The van der Waals surface area contributed by atoms with Crippen LogP contribution in [0.25, 0.3) is 0 Å². The van der Waals surface area contributed by atoms with Crippen LogP contribution in [0.15, 0.2) is 18.3 Å². The quantitative estimate of drug-likeness (QED) is 0.872. The first kappa shape index (κ1) is 12.6. The molecule has 0 bridgehead atoms. The predicted octanol–water partition coefficient (Wildman–Crippen LogP) is 0.767. The van der Waals surface area contributed by atoms with Gasteiger partial charge < -0.3 is 9.80 Å². The molecule has 0 aromatic carbocycles. The van der Waals surface area contributed by atoms with Gasteiger partial charge in [-0.2, -0.15) is 0 Å². The third-order valence-electron chi connectivity index (χ3n) is 4.82. The van der Waals surface area contributed by atoms with Crippen molar-refractivity contribution in [3.05, 3.63) is 23.9 Å². The molecule has 1 N–H and O–H groups in total. The average Bonchev–Trinajstić information content (AvgIpc) is 2.93. The number of pyridine rings is 1. The smallest absolute Gasteiger partial charge is 0.324 e. The maximum absolute atomic E-state index is 11.9. The molecule has 2 aliphatic heterocycles. The summed E-state index contributed by atoms with van der Waals surface area (Å²) < 4.78 is 0. The van der Waals surface area contributed by atoms with Gasteiger partial charge in [0.05, 0.1) is 0 Å². The van der Waals surface area contributed by atoms with Crippen molar-refractivity contribution < 1.29 is 9.59 Å². The second-order valence-corrected chi connectivity index (χ2v) is 6.21. The molecule has 1 saturated carbocycles. The van der Waals surface area contributed by atoms with E-state index in [-0.39, 0.29) is 11.9 Å². The van der Waals surface area contributed by atoms with Crippen molar-refractivity contribution in [2.75, 3.05) is 24.5 Å². The van der Waals surface area contributed by atoms with Crippen LogP contribution < -0.4 is 10.2 Å². The normalized spacial score (nSPS) is 31.2. The van der Waals surface area contributed by atoms with Gasteiger partial charge in [-0.1, -0.05) is 0 Å². The van der Waals surface area contributed by atoms with Crippen LogP contribution in [0.2, 0.25) is 0 Å². The summed E-state index contributed by atoms with van der Waals surface area (Å²) in [5.74, 6) is 1.91. The van der Waals surface area contributed by atoms with Crippen LogP contribution in [0.4, 0.5) is 10.6 Å². The predicted molar refractivity (Wildman–Crippen MR) is 76.8 cm³/mol. The molecule has 21 heavy (non-hydrogen) atoms. The van der Waals surface area contributed by atoms with Gasteiger partial charge >= 0.3 is 6.03 Å². The molecular weight excluding hydrogens is 268 g/mol. The lowest BCUT2D eigenvalue weighted by Gasteiger charge is -2.30. The number of carbonyl (C=O) groups excluding carboxylic acids is 2. The number of nitrogens with zero attached hydrogens (tertiary/aromatic N) is 3. The number of urea groups is 1. The first-order valence-corrected chi connectivity index (χ1v) is 7.41. The van der Waals surface area contributed by atoms with Gasteiger partial charge in [-0.05, 0) is 24.6 Å². The van der Waals surface area contributed by atoms with Crippen molar-refractivity contribution in [3.8, 4) is 0 Å². The zero-order valence-corrected chi connectivity index (χ0v) is 12.0. The Bertz CT molecular complexity index is 605. The standard InChI is InChI=1S/C15H18N4O2/c1-9-2-4-16-12(6-9)18-7-10-11(8-18)14(10)19-5-3-13(20)17-15(19)21/h2,4,6,10-11,14H,3,5,7-8H2,1H3,(H,17,20,21). The van der Waals surface area contributed by atoms with Gasteiger partial charge in [0.2, 0.25) is 5.91 Å². The van der Waals surface area contributed by atoms with Gasteiger partial charge in [-0.15, -0.1) is 0 Å². The summed E-state index contributed by atoms with van der Waals surface area (Å²) in [4.78, 5) is 31.7. The summed E-state index contributed by atoms with van der Waals surface area (Å²) in [7, 11) is 0. The summed E-state index contributed by atoms with van der Waals surface area (Å²) in [5.41, 5.74) is 1.21. The third kappa shape index (κ3) is 2.05. The molecule has 110 valence electrons. The number of rotatable bonds is 2. The monoisotopic (exact) mass is 286 g/mol. The van der Waals surface area contributed by atoms with Gasteiger partial charge in [0.15, 0.2) is 0 Å². The van der Waals surface area contributed by atoms with Crippen molar-refractivity contribution in [2.24, 2.45) is 11.8 Å². The first-order chi connectivity index (χ1) is 10.1. The Labute approximate surface area is 123 Å². The Morgan fingerprint density at radius 2 is 2.05 bits per heavy atom. The van der Waals surface area contributed by atoms with Crippen LogP contribution in [-0.2, 0) is 4.79 Å². The number of aromatic nitrogens is 1. The number of piperidine rings is 1. The first-order valence-electron chi connectivity index (χ1n) is 7.41. The fourth-order valence-electron chi connectivity index (χ4n) is 3.70. The van der Waals surface area contributed by atoms with Crippen molar-refractivity contribution in [1.82, 2.24) is 15.2 Å². The summed E-state index contributed by atoms with van der Waals surface area (Å²) >= 11 is 0. The molecule has 2 atom stereocenters. The molecule has 6 heteroatoms. The Morgan fingerprint density at radius 3 is 2.71 bits per heavy atom. The molecule has 4 rings (SSSR count). The highest BCUT2D eigenvalue weighted by molar-refractivity contribution is 5.97. The maximum Gasteiger partial charge on any atom is 0.324 e. The number of hydrogen-bond donors (Lipinski definition) is 1. The van der Waals surface area contributed by atoms with Crippen molar-refractivity contribution in [2.45, 2.75) is 19.4 Å². The van der Waals surface area contributed by atoms with E-state index in [0.717, 1.165) is 18.9 Å². The largest absolute Gasteiger partial charge is 0.356 e. The van der Waals surface area contributed by atoms with Gasteiger partial charge in [0.1, 0.15) is 5.82 Å². The molecule has 3 fully saturated rings. The molecule has 3 heterocycles. The molecule has 0 radical (unpaired) electrons. The highest BCUT2D eigenvalue weighted by Gasteiger charge is 2.60. The lowest BCUT2D eigenvalue weighted by atomic mass is 10.2. The summed E-state index contributed by atoms with van der Waals surface area (Å²) in [5, 5.41) is 2.41. The van der Waals surface area contributed by atoms with Gasteiger partial charge in [0, 0.05) is 50.1 Å². The average molecular weight is 286 g/mol. The van der Waals surface area contributed by atoms with Crippen molar-refractivity contribution in [3.63, 3.8) is 0 Å². The SMILES string of the molecule is Cc1ccnc(N2CC3C(C2)C3N2CCC(=O)NC2=O)c1. The van der Waals surface area contributed by atoms with Crippen LogP contribution in [0.3, 0.4) is 0 Å². The molecule has 3 aliphatic rings. The maximum atomic E-state index is 11.9. The summed E-state index contributed by atoms with van der Waals surface area (Å²) in [6.07, 6.45) is 2.26. The third-order valence-corrected chi connectivity index (χ3v) is 4.82. The van der Waals surface area contributed by atoms with E-state index in [4.69, 9.17) is 0 Å². The second kappa shape index (κ2) is 4.44. The zero-order chi connectivity index (χ0) is 14.6. The van der Waals surface area contributed by atoms with E-state index < -0.39 is 0 Å². The fourth-order valence-corrected chi connectivity index (χ4v) is 3.70. The number of fused-ring (bicyclic) bond motifs is 1. The number of amides is 3. The number of anilines is 1. The Hall–Kier alpha value is -2.11. The Balaban J connectivity index is 1.41. The Kier molecular flexibility index (Phi) is 2.67. The van der Waals surface area contributed by atoms with Crippen LogP contribution in [0.5, 0.6) is 0 Å². The number of imide groups is 1. The van der Waals surface area contributed by atoms with Crippen LogP contribution in [0.1, 0.15) is 12.0 Å². The lowest BCUT2D eigenvalue weighted by molar-refractivity contribution is -0.121. The van der Waals surface area contributed by atoms with Crippen molar-refractivity contribution in [1.29, 1.82) is 0 Å². The molecule has 0 spiro atoms. The number of carbonyl (C=O) groups is 2. The topological polar surface area (TPSA) is 65.5 Å². The van der Waals surface area contributed by atoms with E-state index in [2.05, 4.69) is 28.2 Å². The molecule has 2 saturated heterocycles. The van der Waals surface area contributed by atoms with E-state index in [1.165, 1.54) is 5.56 Å². The molecule has 3 amide bonds. The minimum Gasteiger partial charge on any atom is -0.356 e. The van der Waals surface area contributed by atoms with Gasteiger partial charge in [-0.3, -0.25) is 10.1 Å². The highest BCUT2D eigenvalue weighted by atomic mass is 16.2. The van der Waals surface area contributed by atoms with E-state index in [1.807, 2.05) is 17.2 Å². The van der Waals surface area contributed by atoms with Crippen LogP contribution >= 0.6 is 0 Å². The van der Waals surface area contributed by atoms with Crippen LogP contribution in [-0.4, -0.2) is 47.5 Å². The van der Waals surface area contributed by atoms with E-state index in [1.54, 1.807) is 0 Å². The van der Waals surface area contributed by atoms with E-state index in [0.29, 0.717) is 30.8 Å². The van der Waals surface area contributed by atoms with Gasteiger partial charge in [-0.25, -0.2) is 9.78 Å². The van der Waals surface area contributed by atoms with E-state index in [9.17, 15) is 9.59 Å². The second-order valence-electron chi connectivity index (χ2n) is 6.21. The number of nitrogens with one attached hydrogen (secondary N) is 1. The van der Waals surface area contributed by atoms with E-state index >= 15 is 0 Å². The lowest BCUT2D eigenvalue weighted by Crippen LogP contribution is -2.52. The molecule has 1 aromatic heterocycles. The molecule has 6 nitrogen and oxygen atoms in total. The number of hydrogen-bond acceptors (Lipinski definition) is 4. The summed E-state index contributed by atoms with van der Waals surface area (Å²) in [6, 6.07) is 4.19. The minimum absolute atomic E-state index is 0.160. The molecule has 2 unspecified atom stereocenters. The molecule has 1 aliphatic carbocycles. The van der Waals surface area contributed by atoms with Crippen molar-refractivity contribution >= 4 is 17.8 Å². The zero-order valence-electron chi connectivity index (χ0n) is 12.0. The molecule has 1 aromatic rings. The molecular formula is C15H18N4O2.